The van der Waals surface area contributed by atoms with Crippen molar-refractivity contribution < 1.29 is 13.2 Å². The highest BCUT2D eigenvalue weighted by Gasteiger charge is 2.36. The van der Waals surface area contributed by atoms with Crippen LogP contribution in [0.2, 0.25) is 0 Å². The summed E-state index contributed by atoms with van der Waals surface area (Å²) >= 11 is 5.57. The second kappa shape index (κ2) is 4.59. The van der Waals surface area contributed by atoms with E-state index in [1.165, 1.54) is 7.11 Å². The van der Waals surface area contributed by atoms with E-state index in [1.807, 2.05) is 0 Å². The smallest absolute Gasteiger partial charge is 0.214 e. The van der Waals surface area contributed by atoms with Gasteiger partial charge in [-0.3, -0.25) is 0 Å². The van der Waals surface area contributed by atoms with Gasteiger partial charge in [0.15, 0.2) is 0 Å². The number of methoxy groups -OCH3 is 1. The molecule has 0 heterocycles. The summed E-state index contributed by atoms with van der Waals surface area (Å²) in [7, 11) is -1.62. The average Bonchev–Trinajstić information content (AvgIpc) is 2.85. The summed E-state index contributed by atoms with van der Waals surface area (Å²) in [6.45, 7) is 0.315. The van der Waals surface area contributed by atoms with E-state index in [4.69, 9.17) is 16.3 Å². The van der Waals surface area contributed by atoms with Crippen LogP contribution in [0, 0.1) is 0 Å². The van der Waals surface area contributed by atoms with Crippen LogP contribution in [0.25, 0.3) is 0 Å². The van der Waals surface area contributed by atoms with Gasteiger partial charge < -0.3 is 4.74 Å². The lowest BCUT2D eigenvalue weighted by molar-refractivity contribution is 0.181. The highest BCUT2D eigenvalue weighted by atomic mass is 35.5. The summed E-state index contributed by atoms with van der Waals surface area (Å²) < 4.78 is 30.2. The number of ether oxygens (including phenoxy) is 1. The summed E-state index contributed by atoms with van der Waals surface area (Å²) in [4.78, 5) is 0. The summed E-state index contributed by atoms with van der Waals surface area (Å²) in [5.74, 6) is 0.236. The standard InChI is InChI=1S/C7H14ClNO3S/c1-12-5-6(4-8)9-13(10,11)7-2-3-7/h6-7,9H,2-5H2,1H3. The summed E-state index contributed by atoms with van der Waals surface area (Å²) in [5.41, 5.74) is 0. The Labute approximate surface area is 83.7 Å². The maximum absolute atomic E-state index is 11.4. The van der Waals surface area contributed by atoms with Crippen LogP contribution in [-0.2, 0) is 14.8 Å². The van der Waals surface area contributed by atoms with Gasteiger partial charge in [0, 0.05) is 13.0 Å². The fourth-order valence-corrected chi connectivity index (χ4v) is 2.84. The fraction of sp³-hybridized carbons (Fsp3) is 1.00. The Morgan fingerprint density at radius 3 is 2.62 bits per heavy atom. The number of sulfonamides is 1. The third kappa shape index (κ3) is 3.42. The van der Waals surface area contributed by atoms with Crippen LogP contribution < -0.4 is 4.72 Å². The van der Waals surface area contributed by atoms with E-state index < -0.39 is 10.0 Å². The largest absolute Gasteiger partial charge is 0.383 e. The van der Waals surface area contributed by atoms with Crippen LogP contribution in [0.15, 0.2) is 0 Å². The monoisotopic (exact) mass is 227 g/mol. The number of rotatable bonds is 6. The fourth-order valence-electron chi connectivity index (χ4n) is 1.02. The second-order valence-corrected chi connectivity index (χ2v) is 5.47. The zero-order valence-electron chi connectivity index (χ0n) is 7.49. The molecule has 0 amide bonds. The molecule has 1 unspecified atom stereocenters. The second-order valence-electron chi connectivity index (χ2n) is 3.17. The first-order valence-corrected chi connectivity index (χ1v) is 6.24. The first-order valence-electron chi connectivity index (χ1n) is 4.16. The maximum Gasteiger partial charge on any atom is 0.214 e. The highest BCUT2D eigenvalue weighted by Crippen LogP contribution is 2.27. The minimum atomic E-state index is -3.14. The molecule has 1 rings (SSSR count). The van der Waals surface area contributed by atoms with E-state index in [9.17, 15) is 8.42 Å². The molecule has 0 aromatic heterocycles. The quantitative estimate of drug-likeness (QED) is 0.665. The van der Waals surface area contributed by atoms with Crippen LogP contribution in [0.1, 0.15) is 12.8 Å². The molecule has 1 fully saturated rings. The van der Waals surface area contributed by atoms with Crippen LogP contribution in [0.4, 0.5) is 0 Å². The minimum absolute atomic E-state index is 0.199. The van der Waals surface area contributed by atoms with Crippen molar-refractivity contribution in [3.05, 3.63) is 0 Å². The molecule has 1 N–H and O–H groups in total. The molecule has 0 aromatic carbocycles. The normalized spacial score (nSPS) is 20.2. The van der Waals surface area contributed by atoms with Crippen LogP contribution >= 0.6 is 11.6 Å². The first kappa shape index (κ1) is 11.2. The predicted octanol–water partition coefficient (Wildman–Crippen LogP) is 0.322. The molecule has 0 spiro atoms. The average molecular weight is 228 g/mol. The van der Waals surface area contributed by atoms with Crippen molar-refractivity contribution >= 4 is 21.6 Å². The third-order valence-electron chi connectivity index (χ3n) is 1.85. The van der Waals surface area contributed by atoms with E-state index in [0.29, 0.717) is 6.61 Å². The van der Waals surface area contributed by atoms with Crippen molar-refractivity contribution in [2.75, 3.05) is 19.6 Å². The van der Waals surface area contributed by atoms with Crippen molar-refractivity contribution in [1.82, 2.24) is 4.72 Å². The van der Waals surface area contributed by atoms with Gasteiger partial charge in [0.2, 0.25) is 10.0 Å². The molecule has 1 aliphatic carbocycles. The molecule has 0 aliphatic heterocycles. The van der Waals surface area contributed by atoms with Gasteiger partial charge in [-0.2, -0.15) is 0 Å². The van der Waals surface area contributed by atoms with Crippen LogP contribution in [-0.4, -0.2) is 39.3 Å². The zero-order chi connectivity index (χ0) is 9.90. The van der Waals surface area contributed by atoms with Gasteiger partial charge in [-0.25, -0.2) is 13.1 Å². The van der Waals surface area contributed by atoms with E-state index in [1.54, 1.807) is 0 Å². The topological polar surface area (TPSA) is 55.4 Å². The van der Waals surface area contributed by atoms with E-state index in [-0.39, 0.29) is 17.2 Å². The van der Waals surface area contributed by atoms with Gasteiger partial charge >= 0.3 is 0 Å². The molecular weight excluding hydrogens is 214 g/mol. The van der Waals surface area contributed by atoms with Crippen molar-refractivity contribution in [2.45, 2.75) is 24.1 Å². The van der Waals surface area contributed by atoms with Crippen molar-refractivity contribution in [2.24, 2.45) is 0 Å². The first-order chi connectivity index (χ1) is 6.10. The molecule has 0 bridgehead atoms. The predicted molar refractivity (Wildman–Crippen MR) is 51.5 cm³/mol. The number of hydrogen-bond acceptors (Lipinski definition) is 3. The van der Waals surface area contributed by atoms with Gasteiger partial charge in [-0.05, 0) is 12.8 Å². The number of hydrogen-bond donors (Lipinski definition) is 1. The molecule has 0 radical (unpaired) electrons. The SMILES string of the molecule is COCC(CCl)NS(=O)(=O)C1CC1. The Hall–Kier alpha value is 0.160. The van der Waals surface area contributed by atoms with Gasteiger partial charge in [-0.1, -0.05) is 0 Å². The van der Waals surface area contributed by atoms with Crippen molar-refractivity contribution in [3.8, 4) is 0 Å². The summed E-state index contributed by atoms with van der Waals surface area (Å²) in [6, 6.07) is -0.308. The highest BCUT2D eigenvalue weighted by molar-refractivity contribution is 7.90. The van der Waals surface area contributed by atoms with Gasteiger partial charge in [0.05, 0.1) is 17.9 Å². The van der Waals surface area contributed by atoms with Crippen LogP contribution in [0.5, 0.6) is 0 Å². The molecule has 4 nitrogen and oxygen atoms in total. The maximum atomic E-state index is 11.4. The van der Waals surface area contributed by atoms with E-state index in [2.05, 4.69) is 4.72 Å². The molecule has 78 valence electrons. The Kier molecular flexibility index (Phi) is 3.97. The lowest BCUT2D eigenvalue weighted by atomic mass is 10.4. The summed E-state index contributed by atoms with van der Waals surface area (Å²) in [5, 5.41) is -0.199. The molecule has 0 saturated heterocycles. The zero-order valence-corrected chi connectivity index (χ0v) is 9.07. The van der Waals surface area contributed by atoms with Crippen LogP contribution in [0.3, 0.4) is 0 Å². The number of halogens is 1. The lowest BCUT2D eigenvalue weighted by Gasteiger charge is -2.14. The van der Waals surface area contributed by atoms with E-state index in [0.717, 1.165) is 12.8 Å². The third-order valence-corrected chi connectivity index (χ3v) is 4.23. The summed E-state index contributed by atoms with van der Waals surface area (Å²) in [6.07, 6.45) is 1.52. The Balaban J connectivity index is 2.44. The molecule has 13 heavy (non-hydrogen) atoms. The number of nitrogens with one attached hydrogen (secondary N) is 1. The van der Waals surface area contributed by atoms with Crippen molar-refractivity contribution in [3.63, 3.8) is 0 Å². The Bertz CT molecular complexity index is 250. The Morgan fingerprint density at radius 1 is 1.62 bits per heavy atom. The van der Waals surface area contributed by atoms with Gasteiger partial charge in [0.25, 0.3) is 0 Å². The molecule has 0 aromatic rings. The lowest BCUT2D eigenvalue weighted by Crippen LogP contribution is -2.40. The number of alkyl halides is 1. The Morgan fingerprint density at radius 2 is 2.23 bits per heavy atom. The van der Waals surface area contributed by atoms with E-state index >= 15 is 0 Å². The molecular formula is C7H14ClNO3S. The minimum Gasteiger partial charge on any atom is -0.383 e. The van der Waals surface area contributed by atoms with Gasteiger partial charge in [0.1, 0.15) is 0 Å². The molecule has 1 atom stereocenters. The molecule has 6 heteroatoms. The molecule has 1 saturated carbocycles. The van der Waals surface area contributed by atoms with Crippen molar-refractivity contribution in [1.29, 1.82) is 0 Å². The van der Waals surface area contributed by atoms with Gasteiger partial charge in [-0.15, -0.1) is 11.6 Å². The molecule has 1 aliphatic rings.